The number of carbonyl (C=O) groups is 1. The van der Waals surface area contributed by atoms with Crippen LogP contribution in [0.3, 0.4) is 0 Å². The van der Waals surface area contributed by atoms with E-state index in [0.717, 1.165) is 6.07 Å². The predicted octanol–water partition coefficient (Wildman–Crippen LogP) is 4.60. The highest BCUT2D eigenvalue weighted by atomic mass is 19.2. The van der Waals surface area contributed by atoms with E-state index in [4.69, 9.17) is 4.74 Å². The number of halogens is 2. The van der Waals surface area contributed by atoms with Gasteiger partial charge in [0, 0.05) is 35.8 Å². The van der Waals surface area contributed by atoms with Gasteiger partial charge in [-0.05, 0) is 35.9 Å². The maximum atomic E-state index is 14.4. The smallest absolute Gasteiger partial charge is 0.222 e. The Balaban J connectivity index is 2.02. The van der Waals surface area contributed by atoms with Crippen LogP contribution in [0.5, 0.6) is 5.75 Å². The van der Waals surface area contributed by atoms with Crippen LogP contribution in [0.4, 0.5) is 14.6 Å². The summed E-state index contributed by atoms with van der Waals surface area (Å²) in [5.74, 6) is -1.39. The molecule has 2 aromatic heterocycles. The maximum absolute atomic E-state index is 14.4. The molecule has 0 aliphatic rings. The summed E-state index contributed by atoms with van der Waals surface area (Å²) in [4.78, 5) is 24.9. The molecule has 6 nitrogen and oxygen atoms in total. The Labute approximate surface area is 170 Å². The average Bonchev–Trinajstić information content (AvgIpc) is 2.75. The third kappa shape index (κ3) is 3.55. The number of benzene rings is 2. The van der Waals surface area contributed by atoms with Gasteiger partial charge >= 0.3 is 0 Å². The Morgan fingerprint density at radius 2 is 1.90 bits per heavy atom. The van der Waals surface area contributed by atoms with Crippen LogP contribution >= 0.6 is 0 Å². The second kappa shape index (κ2) is 7.82. The molecular formula is C22H16F2N4O2. The molecule has 0 aliphatic heterocycles. The van der Waals surface area contributed by atoms with Crippen molar-refractivity contribution in [3.8, 4) is 28.3 Å². The fraction of sp³-hybridized carbons (Fsp3) is 0.0909. The lowest BCUT2D eigenvalue weighted by atomic mass is 10.0. The summed E-state index contributed by atoms with van der Waals surface area (Å²) >= 11 is 0. The highest BCUT2D eigenvalue weighted by Crippen LogP contribution is 2.36. The summed E-state index contributed by atoms with van der Waals surface area (Å²) in [5.41, 5.74) is 1.48. The van der Waals surface area contributed by atoms with E-state index in [1.165, 1.54) is 26.2 Å². The van der Waals surface area contributed by atoms with Crippen molar-refractivity contribution in [2.45, 2.75) is 6.92 Å². The molecule has 1 amide bonds. The molecule has 4 rings (SSSR count). The van der Waals surface area contributed by atoms with Crippen LogP contribution in [0, 0.1) is 11.6 Å². The van der Waals surface area contributed by atoms with Crippen molar-refractivity contribution < 1.29 is 18.3 Å². The minimum absolute atomic E-state index is 0.0558. The molecule has 30 heavy (non-hydrogen) atoms. The predicted molar refractivity (Wildman–Crippen MR) is 109 cm³/mol. The van der Waals surface area contributed by atoms with Crippen LogP contribution in [-0.4, -0.2) is 28.0 Å². The van der Waals surface area contributed by atoms with Gasteiger partial charge in [0.2, 0.25) is 5.91 Å². The number of pyridine rings is 1. The zero-order valence-corrected chi connectivity index (χ0v) is 16.1. The number of amides is 1. The monoisotopic (exact) mass is 406 g/mol. The first-order chi connectivity index (χ1) is 14.5. The summed E-state index contributed by atoms with van der Waals surface area (Å²) < 4.78 is 33.6. The molecule has 2 heterocycles. The molecule has 2 aromatic carbocycles. The molecule has 1 N–H and O–H groups in total. The van der Waals surface area contributed by atoms with Gasteiger partial charge in [-0.1, -0.05) is 12.1 Å². The lowest BCUT2D eigenvalue weighted by molar-refractivity contribution is -0.114. The van der Waals surface area contributed by atoms with Gasteiger partial charge in [0.25, 0.3) is 0 Å². The largest absolute Gasteiger partial charge is 0.494 e. The maximum Gasteiger partial charge on any atom is 0.222 e. The van der Waals surface area contributed by atoms with Crippen molar-refractivity contribution in [2.24, 2.45) is 0 Å². The molecule has 8 heteroatoms. The minimum Gasteiger partial charge on any atom is -0.494 e. The number of nitrogens with one attached hydrogen (secondary N) is 1. The van der Waals surface area contributed by atoms with Crippen molar-refractivity contribution in [1.82, 2.24) is 15.0 Å². The fourth-order valence-corrected chi connectivity index (χ4v) is 3.12. The molecule has 0 saturated heterocycles. The lowest BCUT2D eigenvalue weighted by Crippen LogP contribution is -2.09. The van der Waals surface area contributed by atoms with Crippen molar-refractivity contribution in [2.75, 3.05) is 12.4 Å². The highest BCUT2D eigenvalue weighted by molar-refractivity contribution is 6.02. The third-order valence-corrected chi connectivity index (χ3v) is 4.46. The van der Waals surface area contributed by atoms with Gasteiger partial charge in [-0.25, -0.2) is 18.7 Å². The van der Waals surface area contributed by atoms with Gasteiger partial charge in [0.1, 0.15) is 17.1 Å². The van der Waals surface area contributed by atoms with E-state index < -0.39 is 11.6 Å². The summed E-state index contributed by atoms with van der Waals surface area (Å²) in [7, 11) is 1.45. The second-order valence-corrected chi connectivity index (χ2v) is 6.49. The van der Waals surface area contributed by atoms with E-state index in [1.807, 2.05) is 0 Å². The van der Waals surface area contributed by atoms with Gasteiger partial charge in [0.05, 0.1) is 7.11 Å². The Bertz CT molecular complexity index is 1260. The number of fused-ring (bicyclic) bond motifs is 1. The van der Waals surface area contributed by atoms with Crippen LogP contribution in [0.1, 0.15) is 6.92 Å². The number of nitrogens with zero attached hydrogens (tertiary/aromatic N) is 3. The van der Waals surface area contributed by atoms with Crippen LogP contribution in [-0.2, 0) is 4.79 Å². The first kappa shape index (κ1) is 19.4. The van der Waals surface area contributed by atoms with Gasteiger partial charge in [-0.15, -0.1) is 0 Å². The van der Waals surface area contributed by atoms with Crippen molar-refractivity contribution in [3.05, 3.63) is 66.5 Å². The first-order valence-corrected chi connectivity index (χ1v) is 9.00. The number of carbonyl (C=O) groups excluding carboxylic acids is 1. The summed E-state index contributed by atoms with van der Waals surface area (Å²) in [6.07, 6.45) is 3.22. The Morgan fingerprint density at radius 1 is 1.07 bits per heavy atom. The zero-order chi connectivity index (χ0) is 21.3. The third-order valence-electron chi connectivity index (χ3n) is 4.46. The average molecular weight is 406 g/mol. The molecule has 0 unspecified atom stereocenters. The normalized spacial score (nSPS) is 10.8. The highest BCUT2D eigenvalue weighted by Gasteiger charge is 2.18. The van der Waals surface area contributed by atoms with E-state index in [1.54, 1.807) is 36.7 Å². The Morgan fingerprint density at radius 3 is 2.60 bits per heavy atom. The van der Waals surface area contributed by atoms with Gasteiger partial charge in [-0.2, -0.15) is 0 Å². The van der Waals surface area contributed by atoms with E-state index in [2.05, 4.69) is 20.3 Å². The molecule has 150 valence electrons. The number of ether oxygens (including phenoxy) is 1. The molecular weight excluding hydrogens is 390 g/mol. The van der Waals surface area contributed by atoms with E-state index in [9.17, 15) is 13.6 Å². The SMILES string of the molecule is COc1cc(-c2cccc(F)c2F)cc2c(NC(C)=O)nc(-c3cccnc3)nc12. The summed E-state index contributed by atoms with van der Waals surface area (Å²) in [6.45, 7) is 1.35. The molecule has 4 aromatic rings. The number of hydrogen-bond acceptors (Lipinski definition) is 5. The molecule has 0 saturated carbocycles. The van der Waals surface area contributed by atoms with E-state index in [0.29, 0.717) is 33.6 Å². The van der Waals surface area contributed by atoms with Crippen molar-refractivity contribution in [1.29, 1.82) is 0 Å². The Hall–Kier alpha value is -3.94. The second-order valence-electron chi connectivity index (χ2n) is 6.49. The van der Waals surface area contributed by atoms with Crippen LogP contribution in [0.25, 0.3) is 33.4 Å². The molecule has 0 atom stereocenters. The van der Waals surface area contributed by atoms with Crippen LogP contribution < -0.4 is 10.1 Å². The fourth-order valence-electron chi connectivity index (χ4n) is 3.12. The van der Waals surface area contributed by atoms with Crippen LogP contribution in [0.15, 0.2) is 54.9 Å². The molecule has 0 bridgehead atoms. The number of hydrogen-bond donors (Lipinski definition) is 1. The van der Waals surface area contributed by atoms with Gasteiger partial charge < -0.3 is 10.1 Å². The molecule has 0 aliphatic carbocycles. The summed E-state index contributed by atoms with van der Waals surface area (Å²) in [5, 5.41) is 3.11. The molecule has 0 spiro atoms. The topological polar surface area (TPSA) is 77.0 Å². The lowest BCUT2D eigenvalue weighted by Gasteiger charge is -2.14. The number of methoxy groups -OCH3 is 1. The van der Waals surface area contributed by atoms with E-state index in [-0.39, 0.29) is 17.3 Å². The zero-order valence-electron chi connectivity index (χ0n) is 16.1. The minimum atomic E-state index is -0.979. The first-order valence-electron chi connectivity index (χ1n) is 9.00. The van der Waals surface area contributed by atoms with Gasteiger partial charge in [-0.3, -0.25) is 9.78 Å². The van der Waals surface area contributed by atoms with Gasteiger partial charge in [0.15, 0.2) is 17.5 Å². The number of aromatic nitrogens is 3. The van der Waals surface area contributed by atoms with E-state index >= 15 is 0 Å². The molecule has 0 radical (unpaired) electrons. The summed E-state index contributed by atoms with van der Waals surface area (Å²) in [6, 6.07) is 10.6. The quantitative estimate of drug-likeness (QED) is 0.536. The molecule has 0 fully saturated rings. The standard InChI is InChI=1S/C22H16F2N4O2/c1-12(29)26-22-16-9-14(15-6-3-7-17(23)19(15)24)10-18(30-2)20(16)27-21(28-22)13-5-4-8-25-11-13/h3-11H,1-2H3,(H,26,27,28,29). The Kier molecular flexibility index (Phi) is 5.05. The number of rotatable bonds is 4. The van der Waals surface area contributed by atoms with Crippen molar-refractivity contribution in [3.63, 3.8) is 0 Å². The number of anilines is 1. The van der Waals surface area contributed by atoms with Crippen LogP contribution in [0.2, 0.25) is 0 Å². The van der Waals surface area contributed by atoms with Crippen molar-refractivity contribution >= 4 is 22.6 Å².